The molecule has 0 bridgehead atoms. The minimum absolute atomic E-state index is 0.0588. The lowest BCUT2D eigenvalue weighted by Gasteiger charge is -2.34. The molecule has 1 aromatic carbocycles. The van der Waals surface area contributed by atoms with Gasteiger partial charge in [-0.05, 0) is 17.7 Å². The number of carbonyl (C=O) groups excluding carboxylic acids is 3. The molecule has 0 spiro atoms. The van der Waals surface area contributed by atoms with Crippen molar-refractivity contribution < 1.29 is 14.4 Å². The Morgan fingerprint density at radius 3 is 2.70 bits per heavy atom. The number of piperazine rings is 1. The number of hydrogen-bond donors (Lipinski definition) is 3. The molecule has 1 aliphatic heterocycles. The molecule has 1 fully saturated rings. The van der Waals surface area contributed by atoms with Gasteiger partial charge in [-0.1, -0.05) is 23.7 Å². The molecule has 0 radical (unpaired) electrons. The molecule has 1 saturated heterocycles. The van der Waals surface area contributed by atoms with Gasteiger partial charge in [0.2, 0.25) is 11.8 Å². The van der Waals surface area contributed by atoms with Crippen LogP contribution in [0.3, 0.4) is 0 Å². The highest BCUT2D eigenvalue weighted by molar-refractivity contribution is 6.30. The second-order valence-corrected chi connectivity index (χ2v) is 5.60. The topological polar surface area (TPSA) is 90.5 Å². The van der Waals surface area contributed by atoms with E-state index in [1.54, 1.807) is 12.1 Å². The summed E-state index contributed by atoms with van der Waals surface area (Å²) in [6.07, 6.45) is -0.0588. The highest BCUT2D eigenvalue weighted by Crippen LogP contribution is 2.11. The highest BCUT2D eigenvalue weighted by Gasteiger charge is 2.34. The van der Waals surface area contributed by atoms with Crippen molar-refractivity contribution >= 4 is 29.4 Å². The quantitative estimate of drug-likeness (QED) is 0.746. The number of rotatable bonds is 4. The van der Waals surface area contributed by atoms with Crippen molar-refractivity contribution in [3.8, 4) is 0 Å². The third-order valence-corrected chi connectivity index (χ3v) is 3.86. The molecule has 23 heavy (non-hydrogen) atoms. The SMILES string of the molecule is CNC(=O)C[C@H]1C(=O)NCCN1C(=O)NCc1ccc(Cl)cc1. The van der Waals surface area contributed by atoms with Crippen molar-refractivity contribution in [2.24, 2.45) is 0 Å². The number of urea groups is 1. The van der Waals surface area contributed by atoms with Gasteiger partial charge in [0.15, 0.2) is 0 Å². The van der Waals surface area contributed by atoms with Crippen LogP contribution in [-0.4, -0.2) is 48.9 Å². The Bertz CT molecular complexity index is 591. The molecular formula is C15H19ClN4O3. The fourth-order valence-electron chi connectivity index (χ4n) is 2.32. The zero-order chi connectivity index (χ0) is 16.8. The minimum Gasteiger partial charge on any atom is -0.359 e. The van der Waals surface area contributed by atoms with Crippen molar-refractivity contribution in [2.45, 2.75) is 19.0 Å². The van der Waals surface area contributed by atoms with Gasteiger partial charge in [0.25, 0.3) is 0 Å². The lowest BCUT2D eigenvalue weighted by Crippen LogP contribution is -2.60. The first-order chi connectivity index (χ1) is 11.0. The average Bonchev–Trinajstić information content (AvgIpc) is 2.55. The lowest BCUT2D eigenvalue weighted by molar-refractivity contribution is -0.132. The van der Waals surface area contributed by atoms with E-state index in [1.165, 1.54) is 11.9 Å². The van der Waals surface area contributed by atoms with Gasteiger partial charge >= 0.3 is 6.03 Å². The first-order valence-electron chi connectivity index (χ1n) is 7.28. The predicted molar refractivity (Wildman–Crippen MR) is 85.9 cm³/mol. The van der Waals surface area contributed by atoms with Gasteiger partial charge in [0.05, 0.1) is 6.42 Å². The lowest BCUT2D eigenvalue weighted by atomic mass is 10.1. The smallest absolute Gasteiger partial charge is 0.318 e. The molecule has 4 amide bonds. The van der Waals surface area contributed by atoms with Gasteiger partial charge in [-0.2, -0.15) is 0 Å². The predicted octanol–water partition coefficient (Wildman–Crippen LogP) is 0.486. The van der Waals surface area contributed by atoms with Crippen LogP contribution in [0.5, 0.6) is 0 Å². The zero-order valence-electron chi connectivity index (χ0n) is 12.8. The van der Waals surface area contributed by atoms with Crippen LogP contribution in [0, 0.1) is 0 Å². The molecule has 1 atom stereocenters. The summed E-state index contributed by atoms with van der Waals surface area (Å²) in [6.45, 7) is 1.05. The number of benzene rings is 1. The molecule has 1 aromatic rings. The molecule has 2 rings (SSSR count). The Morgan fingerprint density at radius 1 is 1.35 bits per heavy atom. The second-order valence-electron chi connectivity index (χ2n) is 5.16. The third-order valence-electron chi connectivity index (χ3n) is 3.61. The fraction of sp³-hybridized carbons (Fsp3) is 0.400. The van der Waals surface area contributed by atoms with Crippen molar-refractivity contribution in [3.63, 3.8) is 0 Å². The molecule has 3 N–H and O–H groups in total. The number of halogens is 1. The van der Waals surface area contributed by atoms with Gasteiger partial charge in [-0.3, -0.25) is 9.59 Å². The summed E-state index contributed by atoms with van der Waals surface area (Å²) in [6, 6.07) is 5.94. The van der Waals surface area contributed by atoms with Crippen LogP contribution in [0.15, 0.2) is 24.3 Å². The molecule has 1 heterocycles. The molecule has 0 aromatic heterocycles. The van der Waals surface area contributed by atoms with Gasteiger partial charge in [0.1, 0.15) is 6.04 Å². The normalized spacial score (nSPS) is 17.4. The molecule has 0 aliphatic carbocycles. The van der Waals surface area contributed by atoms with Crippen molar-refractivity contribution in [1.29, 1.82) is 0 Å². The standard InChI is InChI=1S/C15H19ClN4O3/c1-17-13(21)8-12-14(22)18-6-7-20(12)15(23)19-9-10-2-4-11(16)5-3-10/h2-5,12H,6-9H2,1H3,(H,17,21)(H,18,22)(H,19,23)/t12-/m0/s1. The minimum atomic E-state index is -0.797. The van der Waals surface area contributed by atoms with Crippen molar-refractivity contribution in [1.82, 2.24) is 20.9 Å². The Balaban J connectivity index is 1.98. The van der Waals surface area contributed by atoms with Gasteiger partial charge in [-0.15, -0.1) is 0 Å². The van der Waals surface area contributed by atoms with Gasteiger partial charge in [0, 0.05) is 31.7 Å². The molecule has 1 aliphatic rings. The summed E-state index contributed by atoms with van der Waals surface area (Å²) in [5.74, 6) is -0.607. The van der Waals surface area contributed by atoms with Crippen LogP contribution in [0.25, 0.3) is 0 Å². The number of hydrogen-bond acceptors (Lipinski definition) is 3. The first-order valence-corrected chi connectivity index (χ1v) is 7.66. The van der Waals surface area contributed by atoms with E-state index in [4.69, 9.17) is 11.6 Å². The van der Waals surface area contributed by atoms with E-state index in [-0.39, 0.29) is 24.3 Å². The molecule has 124 valence electrons. The first kappa shape index (κ1) is 17.1. The van der Waals surface area contributed by atoms with Crippen LogP contribution in [-0.2, 0) is 16.1 Å². The maximum Gasteiger partial charge on any atom is 0.318 e. The number of carbonyl (C=O) groups is 3. The fourth-order valence-corrected chi connectivity index (χ4v) is 2.45. The average molecular weight is 339 g/mol. The number of nitrogens with zero attached hydrogens (tertiary/aromatic N) is 1. The van der Waals surface area contributed by atoms with E-state index in [2.05, 4.69) is 16.0 Å². The van der Waals surface area contributed by atoms with E-state index >= 15 is 0 Å². The van der Waals surface area contributed by atoms with E-state index < -0.39 is 6.04 Å². The maximum atomic E-state index is 12.3. The Hall–Kier alpha value is -2.28. The van der Waals surface area contributed by atoms with Crippen LogP contribution in [0.1, 0.15) is 12.0 Å². The molecular weight excluding hydrogens is 320 g/mol. The Labute approximate surface area is 139 Å². The summed E-state index contributed by atoms with van der Waals surface area (Å²) >= 11 is 5.82. The summed E-state index contributed by atoms with van der Waals surface area (Å²) in [5.41, 5.74) is 0.895. The third kappa shape index (κ3) is 4.59. The summed E-state index contributed by atoms with van der Waals surface area (Å²) < 4.78 is 0. The summed E-state index contributed by atoms with van der Waals surface area (Å²) in [5, 5.41) is 8.52. The highest BCUT2D eigenvalue weighted by atomic mass is 35.5. The largest absolute Gasteiger partial charge is 0.359 e. The number of nitrogens with one attached hydrogen (secondary N) is 3. The van der Waals surface area contributed by atoms with Crippen LogP contribution >= 0.6 is 11.6 Å². The van der Waals surface area contributed by atoms with Crippen molar-refractivity contribution in [3.05, 3.63) is 34.9 Å². The van der Waals surface area contributed by atoms with E-state index in [9.17, 15) is 14.4 Å². The van der Waals surface area contributed by atoms with Crippen molar-refractivity contribution in [2.75, 3.05) is 20.1 Å². The Morgan fingerprint density at radius 2 is 2.04 bits per heavy atom. The Kier molecular flexibility index (Phi) is 5.81. The summed E-state index contributed by atoms with van der Waals surface area (Å²) in [7, 11) is 1.49. The molecule has 7 nitrogen and oxygen atoms in total. The molecule has 0 unspecified atom stereocenters. The van der Waals surface area contributed by atoms with Gasteiger partial charge < -0.3 is 20.9 Å². The van der Waals surface area contributed by atoms with Gasteiger partial charge in [-0.25, -0.2) is 4.79 Å². The second kappa shape index (κ2) is 7.82. The summed E-state index contributed by atoms with van der Waals surface area (Å²) in [4.78, 5) is 37.2. The van der Waals surface area contributed by atoms with E-state index in [0.29, 0.717) is 24.7 Å². The van der Waals surface area contributed by atoms with E-state index in [1.807, 2.05) is 12.1 Å². The van der Waals surface area contributed by atoms with Crippen LogP contribution < -0.4 is 16.0 Å². The zero-order valence-corrected chi connectivity index (χ0v) is 13.5. The monoisotopic (exact) mass is 338 g/mol. The maximum absolute atomic E-state index is 12.3. The van der Waals surface area contributed by atoms with E-state index in [0.717, 1.165) is 5.56 Å². The molecule has 8 heteroatoms. The number of amides is 4. The van der Waals surface area contributed by atoms with Crippen LogP contribution in [0.4, 0.5) is 4.79 Å². The molecule has 0 saturated carbocycles. The van der Waals surface area contributed by atoms with Crippen LogP contribution in [0.2, 0.25) is 5.02 Å².